The third-order valence-corrected chi connectivity index (χ3v) is 4.41. The molecule has 4 N–H and O–H groups in total. The molecule has 9 nitrogen and oxygen atoms in total. The van der Waals surface area contributed by atoms with E-state index in [1.807, 2.05) is 6.92 Å². The predicted octanol–water partition coefficient (Wildman–Crippen LogP) is 1.10. The third-order valence-electron chi connectivity index (χ3n) is 3.67. The molecule has 0 saturated heterocycles. The zero-order valence-electron chi connectivity index (χ0n) is 16.0. The standard InChI is InChI=1S/C19H23N3O6S/c1-3-27-16-7-9-17(10-8-16)28-13(2)18(23)21-22-19(24)15-6-4-5-14(11-15)12-29(20,25)26/h4-11,13H,3,12H2,1-2H3,(H,21,23)(H,22,24)(H2,20,25,26)/t13-/m1/s1. The molecule has 0 unspecified atom stereocenters. The SMILES string of the molecule is CCOc1ccc(O[C@H](C)C(=O)NNC(=O)c2cccc(CS(N)(=O)=O)c2)cc1. The second kappa shape index (κ2) is 9.89. The fourth-order valence-electron chi connectivity index (χ4n) is 2.37. The van der Waals surface area contributed by atoms with Crippen LogP contribution >= 0.6 is 0 Å². The summed E-state index contributed by atoms with van der Waals surface area (Å²) >= 11 is 0. The van der Waals surface area contributed by atoms with Gasteiger partial charge in [0.15, 0.2) is 6.10 Å². The smallest absolute Gasteiger partial charge is 0.279 e. The van der Waals surface area contributed by atoms with E-state index in [0.29, 0.717) is 23.7 Å². The molecule has 0 aromatic heterocycles. The van der Waals surface area contributed by atoms with Crippen molar-refractivity contribution in [3.05, 3.63) is 59.7 Å². The van der Waals surface area contributed by atoms with E-state index in [9.17, 15) is 18.0 Å². The van der Waals surface area contributed by atoms with Crippen molar-refractivity contribution >= 4 is 21.8 Å². The van der Waals surface area contributed by atoms with E-state index in [2.05, 4.69) is 10.9 Å². The summed E-state index contributed by atoms with van der Waals surface area (Å²) in [4.78, 5) is 24.3. The first kappa shape index (κ1) is 22.2. The van der Waals surface area contributed by atoms with Gasteiger partial charge in [-0.1, -0.05) is 12.1 Å². The molecule has 0 spiro atoms. The highest BCUT2D eigenvalue weighted by atomic mass is 32.2. The van der Waals surface area contributed by atoms with Gasteiger partial charge in [-0.25, -0.2) is 13.6 Å². The van der Waals surface area contributed by atoms with Crippen LogP contribution in [0.3, 0.4) is 0 Å². The van der Waals surface area contributed by atoms with E-state index in [-0.39, 0.29) is 5.56 Å². The molecule has 0 bridgehead atoms. The number of carbonyl (C=O) groups is 2. The lowest BCUT2D eigenvalue weighted by Crippen LogP contribution is -2.47. The van der Waals surface area contributed by atoms with E-state index >= 15 is 0 Å². The van der Waals surface area contributed by atoms with Gasteiger partial charge in [-0.3, -0.25) is 20.4 Å². The van der Waals surface area contributed by atoms with Gasteiger partial charge in [0.05, 0.1) is 12.4 Å². The first-order valence-corrected chi connectivity index (χ1v) is 10.5. The summed E-state index contributed by atoms with van der Waals surface area (Å²) in [6.07, 6.45) is -0.873. The zero-order valence-corrected chi connectivity index (χ0v) is 16.9. The van der Waals surface area contributed by atoms with Crippen molar-refractivity contribution in [1.82, 2.24) is 10.9 Å². The zero-order chi connectivity index (χ0) is 21.4. The van der Waals surface area contributed by atoms with Gasteiger partial charge >= 0.3 is 0 Å². The van der Waals surface area contributed by atoms with Gasteiger partial charge in [-0.15, -0.1) is 0 Å². The van der Waals surface area contributed by atoms with Gasteiger partial charge < -0.3 is 9.47 Å². The van der Waals surface area contributed by atoms with Crippen LogP contribution in [-0.4, -0.2) is 32.9 Å². The number of hydrogen-bond acceptors (Lipinski definition) is 6. The molecule has 2 aromatic carbocycles. The number of nitrogens with two attached hydrogens (primary N) is 1. The first-order valence-electron chi connectivity index (χ1n) is 8.77. The summed E-state index contributed by atoms with van der Waals surface area (Å²) in [7, 11) is -3.72. The lowest BCUT2D eigenvalue weighted by atomic mass is 10.1. The molecule has 156 valence electrons. The number of ether oxygens (including phenoxy) is 2. The number of hydrazine groups is 1. The summed E-state index contributed by atoms with van der Waals surface area (Å²) in [5.41, 5.74) is 5.06. The van der Waals surface area contributed by atoms with E-state index in [1.54, 1.807) is 24.3 Å². The third kappa shape index (κ3) is 7.43. The highest BCUT2D eigenvalue weighted by molar-refractivity contribution is 7.88. The van der Waals surface area contributed by atoms with Crippen molar-refractivity contribution in [2.45, 2.75) is 25.7 Å². The summed E-state index contributed by atoms with van der Waals surface area (Å²) in [6, 6.07) is 12.7. The quantitative estimate of drug-likeness (QED) is 0.546. The van der Waals surface area contributed by atoms with Crippen molar-refractivity contribution in [2.24, 2.45) is 5.14 Å². The Morgan fingerprint density at radius 1 is 1.07 bits per heavy atom. The molecule has 0 aliphatic rings. The van der Waals surface area contributed by atoms with E-state index < -0.39 is 33.7 Å². The van der Waals surface area contributed by atoms with Crippen LogP contribution in [0.1, 0.15) is 29.8 Å². The number of primary sulfonamides is 1. The van der Waals surface area contributed by atoms with Crippen molar-refractivity contribution in [3.8, 4) is 11.5 Å². The van der Waals surface area contributed by atoms with Crippen molar-refractivity contribution < 1.29 is 27.5 Å². The monoisotopic (exact) mass is 421 g/mol. The Morgan fingerprint density at radius 2 is 1.72 bits per heavy atom. The minimum Gasteiger partial charge on any atom is -0.494 e. The molecule has 0 heterocycles. The molecule has 29 heavy (non-hydrogen) atoms. The van der Waals surface area contributed by atoms with Crippen LogP contribution in [-0.2, 0) is 20.6 Å². The Balaban J connectivity index is 1.89. The number of nitrogens with one attached hydrogen (secondary N) is 2. The maximum absolute atomic E-state index is 12.2. The predicted molar refractivity (Wildman–Crippen MR) is 107 cm³/mol. The molecule has 0 aliphatic heterocycles. The van der Waals surface area contributed by atoms with E-state index in [4.69, 9.17) is 14.6 Å². The Kier molecular flexibility index (Phi) is 7.57. The molecule has 10 heteroatoms. The Morgan fingerprint density at radius 3 is 2.34 bits per heavy atom. The van der Waals surface area contributed by atoms with Crippen LogP contribution in [0.2, 0.25) is 0 Å². The average molecular weight is 421 g/mol. The lowest BCUT2D eigenvalue weighted by Gasteiger charge is -2.15. The molecule has 2 aromatic rings. The average Bonchev–Trinajstić information content (AvgIpc) is 2.66. The minimum atomic E-state index is -3.72. The van der Waals surface area contributed by atoms with E-state index in [0.717, 1.165) is 0 Å². The van der Waals surface area contributed by atoms with Crippen molar-refractivity contribution in [3.63, 3.8) is 0 Å². The van der Waals surface area contributed by atoms with Gasteiger partial charge in [0.25, 0.3) is 11.8 Å². The van der Waals surface area contributed by atoms with E-state index in [1.165, 1.54) is 31.2 Å². The minimum absolute atomic E-state index is 0.173. The van der Waals surface area contributed by atoms with Crippen LogP contribution < -0.4 is 25.5 Å². The number of sulfonamides is 1. The largest absolute Gasteiger partial charge is 0.494 e. The van der Waals surface area contributed by atoms with Crippen LogP contribution in [0.15, 0.2) is 48.5 Å². The Bertz CT molecular complexity index is 960. The summed E-state index contributed by atoms with van der Waals surface area (Å²) in [5.74, 6) is -0.407. The van der Waals surface area contributed by atoms with Gasteiger partial charge in [0.1, 0.15) is 11.5 Å². The van der Waals surface area contributed by atoms with Crippen LogP contribution in [0.25, 0.3) is 0 Å². The molecule has 0 aliphatic carbocycles. The molecule has 0 radical (unpaired) electrons. The second-order valence-corrected chi connectivity index (χ2v) is 7.73. The number of benzene rings is 2. The molecule has 1 atom stereocenters. The second-order valence-electron chi connectivity index (χ2n) is 6.12. The van der Waals surface area contributed by atoms with Crippen LogP contribution in [0.5, 0.6) is 11.5 Å². The molecule has 0 fully saturated rings. The normalized spacial score (nSPS) is 12.0. The van der Waals surface area contributed by atoms with Crippen molar-refractivity contribution in [2.75, 3.05) is 6.61 Å². The molecule has 0 saturated carbocycles. The van der Waals surface area contributed by atoms with Gasteiger partial charge in [0, 0.05) is 5.56 Å². The highest BCUT2D eigenvalue weighted by Crippen LogP contribution is 2.18. The summed E-state index contributed by atoms with van der Waals surface area (Å²) < 4.78 is 33.2. The molecule has 2 rings (SSSR count). The summed E-state index contributed by atoms with van der Waals surface area (Å²) in [5, 5.41) is 5.01. The Labute approximate surface area is 169 Å². The first-order chi connectivity index (χ1) is 13.7. The number of amides is 2. The van der Waals surface area contributed by atoms with Crippen molar-refractivity contribution in [1.29, 1.82) is 0 Å². The van der Waals surface area contributed by atoms with Gasteiger partial charge in [-0.05, 0) is 55.8 Å². The molecular formula is C19H23N3O6S. The fourth-order valence-corrected chi connectivity index (χ4v) is 3.01. The number of rotatable bonds is 8. The Hall–Kier alpha value is -3.11. The summed E-state index contributed by atoms with van der Waals surface area (Å²) in [6.45, 7) is 3.95. The molecular weight excluding hydrogens is 398 g/mol. The number of carbonyl (C=O) groups excluding carboxylic acids is 2. The maximum Gasteiger partial charge on any atom is 0.279 e. The van der Waals surface area contributed by atoms with Gasteiger partial charge in [0.2, 0.25) is 10.0 Å². The fraction of sp³-hybridized carbons (Fsp3) is 0.263. The van der Waals surface area contributed by atoms with Crippen LogP contribution in [0, 0.1) is 0 Å². The molecule has 2 amide bonds. The lowest BCUT2D eigenvalue weighted by molar-refractivity contribution is -0.128. The maximum atomic E-state index is 12.2. The topological polar surface area (TPSA) is 137 Å². The van der Waals surface area contributed by atoms with Gasteiger partial charge in [-0.2, -0.15) is 0 Å². The highest BCUT2D eigenvalue weighted by Gasteiger charge is 2.16. The van der Waals surface area contributed by atoms with Crippen LogP contribution in [0.4, 0.5) is 0 Å². The number of hydrogen-bond donors (Lipinski definition) is 3.